The maximum absolute atomic E-state index is 13.1. The third-order valence-corrected chi connectivity index (χ3v) is 5.93. The Bertz CT molecular complexity index is 788. The van der Waals surface area contributed by atoms with Crippen LogP contribution in [-0.2, 0) is 16.4 Å². The summed E-state index contributed by atoms with van der Waals surface area (Å²) < 4.78 is 39.4. The molecule has 24 heavy (non-hydrogen) atoms. The van der Waals surface area contributed by atoms with E-state index in [4.69, 9.17) is 0 Å². The minimum Gasteiger partial charge on any atom is -0.370 e. The Morgan fingerprint density at radius 3 is 2.62 bits per heavy atom. The second-order valence-corrected chi connectivity index (χ2v) is 7.73. The Balaban J connectivity index is 1.58. The van der Waals surface area contributed by atoms with Crippen molar-refractivity contribution in [2.24, 2.45) is 0 Å². The normalized spacial score (nSPS) is 15.5. The van der Waals surface area contributed by atoms with Crippen LogP contribution in [0.5, 0.6) is 0 Å². The van der Waals surface area contributed by atoms with E-state index < -0.39 is 10.0 Å². The first-order chi connectivity index (χ1) is 11.6. The Hall–Kier alpha value is -1.99. The molecular formula is C17H20FN3O2S. The number of sulfonamides is 1. The molecule has 0 unspecified atom stereocenters. The molecule has 1 aromatic heterocycles. The first-order valence-electron chi connectivity index (χ1n) is 8.00. The van der Waals surface area contributed by atoms with Gasteiger partial charge in [0.2, 0.25) is 10.0 Å². The van der Waals surface area contributed by atoms with Crippen molar-refractivity contribution >= 4 is 15.8 Å². The molecule has 2 heterocycles. The highest BCUT2D eigenvalue weighted by molar-refractivity contribution is 7.89. The van der Waals surface area contributed by atoms with Gasteiger partial charge in [-0.2, -0.15) is 4.31 Å². The molecule has 1 aromatic carbocycles. The number of benzene rings is 1. The minimum atomic E-state index is -3.42. The number of nitrogens with zero attached hydrogens (tertiary/aromatic N) is 2. The molecule has 1 saturated heterocycles. The number of aromatic nitrogens is 1. The quantitative estimate of drug-likeness (QED) is 0.871. The fraction of sp³-hybridized carbons (Fsp3) is 0.353. The van der Waals surface area contributed by atoms with Crippen LogP contribution in [0.15, 0.2) is 47.5 Å². The standard InChI is InChI=1S/C17H20FN3O2S/c18-15-5-3-4-14(12-15)8-9-19-17-7-6-16(13-20-17)24(22,23)21-10-1-2-11-21/h3-7,12-13H,1-2,8-11H2,(H,19,20). The number of pyridine rings is 1. The number of anilines is 1. The van der Waals surface area contributed by atoms with Crippen LogP contribution >= 0.6 is 0 Å². The highest BCUT2D eigenvalue weighted by atomic mass is 32.2. The van der Waals surface area contributed by atoms with Crippen molar-refractivity contribution in [3.8, 4) is 0 Å². The largest absolute Gasteiger partial charge is 0.370 e. The summed E-state index contributed by atoms with van der Waals surface area (Å²) in [5, 5.41) is 3.12. The van der Waals surface area contributed by atoms with E-state index in [1.165, 1.54) is 22.6 Å². The number of rotatable bonds is 6. The molecule has 1 N–H and O–H groups in total. The molecule has 1 aliphatic heterocycles. The van der Waals surface area contributed by atoms with E-state index in [0.717, 1.165) is 18.4 Å². The van der Waals surface area contributed by atoms with Crippen molar-refractivity contribution < 1.29 is 12.8 Å². The summed E-state index contributed by atoms with van der Waals surface area (Å²) >= 11 is 0. The molecule has 0 spiro atoms. The summed E-state index contributed by atoms with van der Waals surface area (Å²) in [6.07, 6.45) is 3.87. The average Bonchev–Trinajstić information content (AvgIpc) is 3.11. The van der Waals surface area contributed by atoms with Gasteiger partial charge in [-0.25, -0.2) is 17.8 Å². The van der Waals surface area contributed by atoms with Crippen molar-refractivity contribution in [2.75, 3.05) is 25.0 Å². The van der Waals surface area contributed by atoms with E-state index in [-0.39, 0.29) is 10.7 Å². The molecule has 0 bridgehead atoms. The van der Waals surface area contributed by atoms with Gasteiger partial charge in [0.05, 0.1) is 0 Å². The van der Waals surface area contributed by atoms with E-state index in [2.05, 4.69) is 10.3 Å². The monoisotopic (exact) mass is 349 g/mol. The van der Waals surface area contributed by atoms with Crippen LogP contribution in [-0.4, -0.2) is 37.3 Å². The number of hydrogen-bond acceptors (Lipinski definition) is 4. The third kappa shape index (κ3) is 3.91. The fourth-order valence-electron chi connectivity index (χ4n) is 2.74. The molecule has 0 aliphatic carbocycles. The van der Waals surface area contributed by atoms with Gasteiger partial charge < -0.3 is 5.32 Å². The molecule has 2 aromatic rings. The zero-order chi connectivity index (χ0) is 17.0. The highest BCUT2D eigenvalue weighted by Crippen LogP contribution is 2.20. The van der Waals surface area contributed by atoms with Crippen LogP contribution < -0.4 is 5.32 Å². The van der Waals surface area contributed by atoms with E-state index in [0.29, 0.717) is 31.9 Å². The summed E-state index contributed by atoms with van der Waals surface area (Å²) in [5.41, 5.74) is 0.899. The summed E-state index contributed by atoms with van der Waals surface area (Å²) in [5.74, 6) is 0.355. The Morgan fingerprint density at radius 2 is 1.96 bits per heavy atom. The lowest BCUT2D eigenvalue weighted by atomic mass is 10.1. The second kappa shape index (κ2) is 7.27. The molecule has 0 amide bonds. The van der Waals surface area contributed by atoms with Gasteiger partial charge in [0.15, 0.2) is 0 Å². The Labute approximate surface area is 141 Å². The van der Waals surface area contributed by atoms with E-state index in [9.17, 15) is 12.8 Å². The van der Waals surface area contributed by atoms with Crippen LogP contribution in [0, 0.1) is 5.82 Å². The lowest BCUT2D eigenvalue weighted by Gasteiger charge is -2.15. The number of hydrogen-bond donors (Lipinski definition) is 1. The first kappa shape index (κ1) is 16.9. The van der Waals surface area contributed by atoms with Gasteiger partial charge in [-0.15, -0.1) is 0 Å². The zero-order valence-corrected chi connectivity index (χ0v) is 14.1. The average molecular weight is 349 g/mol. The van der Waals surface area contributed by atoms with Crippen LogP contribution in [0.4, 0.5) is 10.2 Å². The summed E-state index contributed by atoms with van der Waals surface area (Å²) in [6.45, 7) is 1.75. The van der Waals surface area contributed by atoms with Gasteiger partial charge in [0.1, 0.15) is 16.5 Å². The van der Waals surface area contributed by atoms with Crippen LogP contribution in [0.25, 0.3) is 0 Å². The lowest BCUT2D eigenvalue weighted by molar-refractivity contribution is 0.477. The van der Waals surface area contributed by atoms with Crippen LogP contribution in [0.2, 0.25) is 0 Å². The SMILES string of the molecule is O=S(=O)(c1ccc(NCCc2cccc(F)c2)nc1)N1CCCC1. The summed E-state index contributed by atoms with van der Waals surface area (Å²) in [6, 6.07) is 9.70. The number of halogens is 1. The lowest BCUT2D eigenvalue weighted by Crippen LogP contribution is -2.27. The fourth-order valence-corrected chi connectivity index (χ4v) is 4.21. The van der Waals surface area contributed by atoms with Crippen molar-refractivity contribution in [3.05, 3.63) is 54.0 Å². The second-order valence-electron chi connectivity index (χ2n) is 5.80. The molecule has 1 fully saturated rings. The summed E-state index contributed by atoms with van der Waals surface area (Å²) in [4.78, 5) is 4.40. The predicted octanol–water partition coefficient (Wildman–Crippen LogP) is 2.66. The molecule has 0 saturated carbocycles. The van der Waals surface area contributed by atoms with Gasteiger partial charge in [-0.3, -0.25) is 0 Å². The molecule has 1 aliphatic rings. The van der Waals surface area contributed by atoms with E-state index >= 15 is 0 Å². The van der Waals surface area contributed by atoms with Gasteiger partial charge in [-0.1, -0.05) is 12.1 Å². The maximum Gasteiger partial charge on any atom is 0.244 e. The van der Waals surface area contributed by atoms with Gasteiger partial charge >= 0.3 is 0 Å². The van der Waals surface area contributed by atoms with Crippen molar-refractivity contribution in [3.63, 3.8) is 0 Å². The van der Waals surface area contributed by atoms with Crippen molar-refractivity contribution in [2.45, 2.75) is 24.2 Å². The molecule has 0 atom stereocenters. The van der Waals surface area contributed by atoms with E-state index in [1.807, 2.05) is 6.07 Å². The van der Waals surface area contributed by atoms with Gasteiger partial charge in [0.25, 0.3) is 0 Å². The molecule has 3 rings (SSSR count). The summed E-state index contributed by atoms with van der Waals surface area (Å²) in [7, 11) is -3.42. The van der Waals surface area contributed by atoms with Crippen molar-refractivity contribution in [1.29, 1.82) is 0 Å². The molecule has 5 nitrogen and oxygen atoms in total. The highest BCUT2D eigenvalue weighted by Gasteiger charge is 2.27. The van der Waals surface area contributed by atoms with Crippen LogP contribution in [0.1, 0.15) is 18.4 Å². The van der Waals surface area contributed by atoms with E-state index in [1.54, 1.807) is 18.2 Å². The molecule has 0 radical (unpaired) electrons. The number of nitrogens with one attached hydrogen (secondary N) is 1. The van der Waals surface area contributed by atoms with Crippen molar-refractivity contribution in [1.82, 2.24) is 9.29 Å². The maximum atomic E-state index is 13.1. The molecule has 128 valence electrons. The topological polar surface area (TPSA) is 62.3 Å². The van der Waals surface area contributed by atoms with Gasteiger partial charge in [0, 0.05) is 25.8 Å². The predicted molar refractivity (Wildman–Crippen MR) is 90.8 cm³/mol. The smallest absolute Gasteiger partial charge is 0.244 e. The Morgan fingerprint density at radius 1 is 1.17 bits per heavy atom. The zero-order valence-electron chi connectivity index (χ0n) is 13.3. The minimum absolute atomic E-state index is 0.222. The third-order valence-electron chi connectivity index (χ3n) is 4.05. The first-order valence-corrected chi connectivity index (χ1v) is 9.44. The van der Waals surface area contributed by atoms with Crippen LogP contribution in [0.3, 0.4) is 0 Å². The molecule has 7 heteroatoms. The Kier molecular flexibility index (Phi) is 5.11. The molecular weight excluding hydrogens is 329 g/mol. The van der Waals surface area contributed by atoms with Gasteiger partial charge in [-0.05, 0) is 49.1 Å².